The fourth-order valence-electron chi connectivity index (χ4n) is 3.41. The van der Waals surface area contributed by atoms with Gasteiger partial charge in [0, 0.05) is 11.8 Å². The van der Waals surface area contributed by atoms with E-state index >= 15 is 0 Å². The number of aromatic nitrogens is 4. The van der Waals surface area contributed by atoms with Crippen LogP contribution in [0.15, 0.2) is 49.2 Å². The Bertz CT molecular complexity index is 920. The molecule has 1 amide bonds. The van der Waals surface area contributed by atoms with Gasteiger partial charge in [-0.15, -0.1) is 10.2 Å². The lowest BCUT2D eigenvalue weighted by atomic mass is 9.89. The maximum Gasteiger partial charge on any atom is 0.251 e. The van der Waals surface area contributed by atoms with E-state index in [0.29, 0.717) is 11.4 Å². The molecule has 1 aliphatic rings. The van der Waals surface area contributed by atoms with Crippen molar-refractivity contribution in [2.75, 3.05) is 0 Å². The van der Waals surface area contributed by atoms with Crippen LogP contribution in [0.25, 0.3) is 5.82 Å². The highest BCUT2D eigenvalue weighted by Crippen LogP contribution is 2.25. The van der Waals surface area contributed by atoms with E-state index in [2.05, 4.69) is 38.7 Å². The van der Waals surface area contributed by atoms with E-state index in [1.165, 1.54) is 30.4 Å². The van der Waals surface area contributed by atoms with Crippen molar-refractivity contribution in [1.29, 1.82) is 0 Å². The zero-order valence-corrected chi connectivity index (χ0v) is 14.7. The summed E-state index contributed by atoms with van der Waals surface area (Å²) in [5, 5.41) is 10.6. The first-order valence-electron chi connectivity index (χ1n) is 8.94. The van der Waals surface area contributed by atoms with E-state index in [-0.39, 0.29) is 11.9 Å². The Hall–Kier alpha value is -3.02. The van der Waals surface area contributed by atoms with Crippen LogP contribution < -0.4 is 5.32 Å². The topological polar surface area (TPSA) is 72.7 Å². The predicted molar refractivity (Wildman–Crippen MR) is 98.1 cm³/mol. The van der Waals surface area contributed by atoms with Crippen LogP contribution in [0.1, 0.15) is 52.9 Å². The van der Waals surface area contributed by atoms with Crippen molar-refractivity contribution in [1.82, 2.24) is 25.1 Å². The summed E-state index contributed by atoms with van der Waals surface area (Å²) in [5.41, 5.74) is 4.58. The summed E-state index contributed by atoms with van der Waals surface area (Å²) in [5.74, 6) is 0.496. The highest BCUT2D eigenvalue weighted by molar-refractivity contribution is 5.94. The molecule has 2 heterocycles. The van der Waals surface area contributed by atoms with Crippen molar-refractivity contribution < 1.29 is 4.79 Å². The molecule has 6 nitrogen and oxygen atoms in total. The molecular formula is C20H21N5O. The minimum atomic E-state index is -0.119. The number of hydrogen-bond acceptors (Lipinski definition) is 4. The number of rotatable bonds is 4. The minimum Gasteiger partial charge on any atom is -0.346 e. The van der Waals surface area contributed by atoms with Gasteiger partial charge < -0.3 is 5.32 Å². The summed E-state index contributed by atoms with van der Waals surface area (Å²) in [4.78, 5) is 16.9. The van der Waals surface area contributed by atoms with E-state index in [0.717, 1.165) is 12.0 Å². The molecule has 0 spiro atoms. The van der Waals surface area contributed by atoms with E-state index < -0.39 is 0 Å². The molecular weight excluding hydrogens is 326 g/mol. The van der Waals surface area contributed by atoms with Crippen LogP contribution >= 0.6 is 0 Å². The van der Waals surface area contributed by atoms with Gasteiger partial charge in [0.1, 0.15) is 18.5 Å². The van der Waals surface area contributed by atoms with E-state index in [1.54, 1.807) is 35.6 Å². The third-order valence-corrected chi connectivity index (χ3v) is 4.91. The van der Waals surface area contributed by atoms with Crippen LogP contribution in [0, 0.1) is 0 Å². The lowest BCUT2D eigenvalue weighted by Gasteiger charge is -2.20. The Morgan fingerprint density at radius 1 is 1.08 bits per heavy atom. The summed E-state index contributed by atoms with van der Waals surface area (Å²) in [7, 11) is 0. The number of nitrogens with zero attached hydrogens (tertiary/aromatic N) is 4. The smallest absolute Gasteiger partial charge is 0.251 e. The van der Waals surface area contributed by atoms with Crippen molar-refractivity contribution in [3.8, 4) is 5.82 Å². The normalized spacial score (nSPS) is 14.5. The number of hydrogen-bond donors (Lipinski definition) is 1. The van der Waals surface area contributed by atoms with Gasteiger partial charge in [-0.2, -0.15) is 0 Å². The van der Waals surface area contributed by atoms with Gasteiger partial charge in [0.05, 0.1) is 6.04 Å². The maximum atomic E-state index is 12.7. The maximum absolute atomic E-state index is 12.7. The van der Waals surface area contributed by atoms with Gasteiger partial charge in [-0.1, -0.05) is 18.2 Å². The molecule has 0 bridgehead atoms. The molecule has 0 saturated heterocycles. The van der Waals surface area contributed by atoms with Crippen molar-refractivity contribution in [2.24, 2.45) is 0 Å². The Labute approximate surface area is 152 Å². The quantitative estimate of drug-likeness (QED) is 0.787. The first-order valence-corrected chi connectivity index (χ1v) is 8.94. The molecule has 0 unspecified atom stereocenters. The molecule has 1 aromatic carbocycles. The number of benzene rings is 1. The molecule has 3 aromatic rings. The number of amides is 1. The molecule has 0 saturated carbocycles. The first kappa shape index (κ1) is 16.4. The fourth-order valence-corrected chi connectivity index (χ4v) is 3.41. The van der Waals surface area contributed by atoms with E-state index in [9.17, 15) is 4.79 Å². The Morgan fingerprint density at radius 3 is 2.65 bits per heavy atom. The molecule has 0 aliphatic heterocycles. The van der Waals surface area contributed by atoms with Gasteiger partial charge in [-0.25, -0.2) is 4.98 Å². The zero-order valence-electron chi connectivity index (χ0n) is 14.7. The van der Waals surface area contributed by atoms with Gasteiger partial charge in [0.15, 0.2) is 0 Å². The van der Waals surface area contributed by atoms with Crippen molar-refractivity contribution in [2.45, 2.75) is 38.6 Å². The standard InChI is InChI=1S/C20H21N5O/c1-14(16-7-6-15-4-2-3-5-17(15)10-16)24-20(26)18-8-9-21-19(11-18)25-12-22-23-13-25/h6-14H,2-5H2,1H3,(H,24,26)/t14-/m0/s1. The van der Waals surface area contributed by atoms with Gasteiger partial charge in [-0.3, -0.25) is 9.36 Å². The summed E-state index contributed by atoms with van der Waals surface area (Å²) in [6, 6.07) is 9.98. The van der Waals surface area contributed by atoms with Crippen molar-refractivity contribution in [3.63, 3.8) is 0 Å². The summed E-state index contributed by atoms with van der Waals surface area (Å²) in [6.45, 7) is 2.02. The van der Waals surface area contributed by atoms with Crippen LogP contribution in [0.2, 0.25) is 0 Å². The number of fused-ring (bicyclic) bond motifs is 1. The molecule has 2 aromatic heterocycles. The number of nitrogens with one attached hydrogen (secondary N) is 1. The van der Waals surface area contributed by atoms with Crippen LogP contribution in [0.3, 0.4) is 0 Å². The monoisotopic (exact) mass is 347 g/mol. The highest BCUT2D eigenvalue weighted by atomic mass is 16.1. The zero-order chi connectivity index (χ0) is 17.9. The Morgan fingerprint density at radius 2 is 1.85 bits per heavy atom. The van der Waals surface area contributed by atoms with Gasteiger partial charge in [0.25, 0.3) is 5.91 Å². The average Bonchev–Trinajstić information content (AvgIpc) is 3.22. The number of pyridine rings is 1. The minimum absolute atomic E-state index is 0.0544. The molecule has 6 heteroatoms. The first-order chi connectivity index (χ1) is 12.7. The van der Waals surface area contributed by atoms with Crippen molar-refractivity contribution >= 4 is 5.91 Å². The van der Waals surface area contributed by atoms with Crippen LogP contribution in [-0.4, -0.2) is 25.7 Å². The van der Waals surface area contributed by atoms with Crippen LogP contribution in [0.5, 0.6) is 0 Å². The van der Waals surface area contributed by atoms with E-state index in [1.807, 2.05) is 6.92 Å². The van der Waals surface area contributed by atoms with Crippen LogP contribution in [-0.2, 0) is 12.8 Å². The third kappa shape index (κ3) is 3.35. The number of carbonyl (C=O) groups excluding carboxylic acids is 1. The summed E-state index contributed by atoms with van der Waals surface area (Å²) < 4.78 is 1.67. The second-order valence-electron chi connectivity index (χ2n) is 6.70. The Kier molecular flexibility index (Phi) is 4.48. The summed E-state index contributed by atoms with van der Waals surface area (Å²) >= 11 is 0. The molecule has 132 valence electrons. The number of carbonyl (C=O) groups is 1. The summed E-state index contributed by atoms with van der Waals surface area (Å²) in [6.07, 6.45) is 9.55. The molecule has 1 aliphatic carbocycles. The Balaban J connectivity index is 1.50. The third-order valence-electron chi connectivity index (χ3n) is 4.91. The molecule has 26 heavy (non-hydrogen) atoms. The lowest BCUT2D eigenvalue weighted by molar-refractivity contribution is 0.0939. The SMILES string of the molecule is C[C@H](NC(=O)c1ccnc(-n2cnnc2)c1)c1ccc2c(c1)CCCC2. The second-order valence-corrected chi connectivity index (χ2v) is 6.70. The van der Waals surface area contributed by atoms with Gasteiger partial charge in [0.2, 0.25) is 0 Å². The van der Waals surface area contributed by atoms with Gasteiger partial charge >= 0.3 is 0 Å². The largest absolute Gasteiger partial charge is 0.346 e. The fraction of sp³-hybridized carbons (Fsp3) is 0.300. The number of aryl methyl sites for hydroxylation is 2. The molecule has 1 atom stereocenters. The molecule has 0 fully saturated rings. The average molecular weight is 347 g/mol. The predicted octanol–water partition coefficient (Wildman–Crippen LogP) is 3.03. The van der Waals surface area contributed by atoms with Gasteiger partial charge in [-0.05, 0) is 61.4 Å². The highest BCUT2D eigenvalue weighted by Gasteiger charge is 2.15. The van der Waals surface area contributed by atoms with E-state index in [4.69, 9.17) is 0 Å². The molecule has 4 rings (SSSR count). The molecule has 0 radical (unpaired) electrons. The molecule has 1 N–H and O–H groups in total. The van der Waals surface area contributed by atoms with Crippen LogP contribution in [0.4, 0.5) is 0 Å². The lowest BCUT2D eigenvalue weighted by Crippen LogP contribution is -2.27. The van der Waals surface area contributed by atoms with Crippen molar-refractivity contribution in [3.05, 3.63) is 71.4 Å². The second kappa shape index (κ2) is 7.07.